The molecule has 3 aromatic rings. The molecule has 0 saturated heterocycles. The molecule has 0 aliphatic heterocycles. The van der Waals surface area contributed by atoms with Crippen molar-refractivity contribution in [1.82, 2.24) is 4.57 Å². The van der Waals surface area contributed by atoms with E-state index in [1.165, 1.54) is 0 Å². The van der Waals surface area contributed by atoms with Gasteiger partial charge in [-0.05, 0) is 48.2 Å². The van der Waals surface area contributed by atoms with Crippen LogP contribution in [-0.2, 0) is 22.6 Å². The quantitative estimate of drug-likeness (QED) is 0.641. The molecule has 1 aliphatic carbocycles. The maximum Gasteiger partial charge on any atom is 0.341 e. The molecule has 29 heavy (non-hydrogen) atoms. The van der Waals surface area contributed by atoms with Crippen LogP contribution in [0.3, 0.4) is 0 Å². The number of nitrogens with zero attached hydrogens (tertiary/aromatic N) is 1. The summed E-state index contributed by atoms with van der Waals surface area (Å²) in [6.07, 6.45) is 1.36. The van der Waals surface area contributed by atoms with Gasteiger partial charge in [0.25, 0.3) is 0 Å². The summed E-state index contributed by atoms with van der Waals surface area (Å²) >= 11 is 0. The first kappa shape index (κ1) is 18.9. The molecule has 1 atom stereocenters. The number of carbonyl (C=O) groups is 2. The highest BCUT2D eigenvalue weighted by molar-refractivity contribution is 5.97. The molecule has 4 rings (SSSR count). The molecular formula is C22H22N2O5. The standard InChI is InChI=1S/C22H22N2O5/c1-28-14-5-2-4-13(10-14)11-24-16-6-3-7-18(29-12-19(25)26)21(16)20-15(22(23)27)8-9-17(20)24/h2-7,10,15H,8-9,11-12H2,1H3,(H2,23,27)(H,25,26). The minimum Gasteiger partial charge on any atom is -0.497 e. The van der Waals surface area contributed by atoms with E-state index < -0.39 is 18.5 Å². The van der Waals surface area contributed by atoms with E-state index in [1.54, 1.807) is 13.2 Å². The van der Waals surface area contributed by atoms with Crippen LogP contribution in [0, 0.1) is 0 Å². The molecule has 3 N–H and O–H groups in total. The monoisotopic (exact) mass is 394 g/mol. The number of ether oxygens (including phenoxy) is 2. The van der Waals surface area contributed by atoms with Gasteiger partial charge in [0.15, 0.2) is 6.61 Å². The third-order valence-electron chi connectivity index (χ3n) is 5.39. The van der Waals surface area contributed by atoms with Gasteiger partial charge in [-0.3, -0.25) is 4.79 Å². The molecule has 150 valence electrons. The summed E-state index contributed by atoms with van der Waals surface area (Å²) in [6, 6.07) is 13.3. The van der Waals surface area contributed by atoms with Gasteiger partial charge in [-0.2, -0.15) is 0 Å². The Hall–Kier alpha value is -3.48. The normalized spacial score (nSPS) is 15.3. The van der Waals surface area contributed by atoms with E-state index in [9.17, 15) is 9.59 Å². The lowest BCUT2D eigenvalue weighted by molar-refractivity contribution is -0.139. The number of hydrogen-bond acceptors (Lipinski definition) is 4. The third-order valence-corrected chi connectivity index (χ3v) is 5.39. The Morgan fingerprint density at radius 1 is 1.24 bits per heavy atom. The number of carbonyl (C=O) groups excluding carboxylic acids is 1. The zero-order chi connectivity index (χ0) is 20.5. The van der Waals surface area contributed by atoms with Crippen molar-refractivity contribution in [1.29, 1.82) is 0 Å². The van der Waals surface area contributed by atoms with Crippen molar-refractivity contribution in [2.75, 3.05) is 13.7 Å². The lowest BCUT2D eigenvalue weighted by atomic mass is 9.99. The van der Waals surface area contributed by atoms with Crippen molar-refractivity contribution in [2.24, 2.45) is 5.73 Å². The van der Waals surface area contributed by atoms with Crippen molar-refractivity contribution in [3.05, 3.63) is 59.3 Å². The Labute approximate surface area is 167 Å². The Morgan fingerprint density at radius 3 is 2.76 bits per heavy atom. The van der Waals surface area contributed by atoms with Gasteiger partial charge < -0.3 is 24.9 Å². The molecule has 1 heterocycles. The Morgan fingerprint density at radius 2 is 2.03 bits per heavy atom. The number of hydrogen-bond donors (Lipinski definition) is 2. The zero-order valence-corrected chi connectivity index (χ0v) is 16.1. The number of carboxylic acid groups (broad SMARTS) is 1. The average molecular weight is 394 g/mol. The molecular weight excluding hydrogens is 372 g/mol. The fourth-order valence-corrected chi connectivity index (χ4v) is 4.20. The van der Waals surface area contributed by atoms with Gasteiger partial charge in [-0.1, -0.05) is 18.2 Å². The molecule has 2 aromatic carbocycles. The highest BCUT2D eigenvalue weighted by Crippen LogP contribution is 2.44. The molecule has 0 fully saturated rings. The summed E-state index contributed by atoms with van der Waals surface area (Å²) < 4.78 is 13.0. The Kier molecular flexibility index (Phi) is 4.88. The van der Waals surface area contributed by atoms with Gasteiger partial charge >= 0.3 is 5.97 Å². The summed E-state index contributed by atoms with van der Waals surface area (Å²) in [7, 11) is 1.63. The van der Waals surface area contributed by atoms with Crippen molar-refractivity contribution >= 4 is 22.8 Å². The van der Waals surface area contributed by atoms with Crippen molar-refractivity contribution in [3.63, 3.8) is 0 Å². The number of aliphatic carboxylic acids is 1. The molecule has 0 saturated carbocycles. The van der Waals surface area contributed by atoms with Gasteiger partial charge in [-0.25, -0.2) is 4.79 Å². The van der Waals surface area contributed by atoms with Gasteiger partial charge in [0.2, 0.25) is 5.91 Å². The largest absolute Gasteiger partial charge is 0.497 e. The number of benzene rings is 2. The van der Waals surface area contributed by atoms with Gasteiger partial charge in [0.05, 0.1) is 18.5 Å². The van der Waals surface area contributed by atoms with Crippen LogP contribution in [0.1, 0.15) is 29.2 Å². The van der Waals surface area contributed by atoms with Crippen LogP contribution >= 0.6 is 0 Å². The number of carboxylic acids is 1. The second kappa shape index (κ2) is 7.50. The van der Waals surface area contributed by atoms with Crippen LogP contribution in [0.25, 0.3) is 10.9 Å². The van der Waals surface area contributed by atoms with E-state index in [-0.39, 0.29) is 5.91 Å². The first-order valence-electron chi connectivity index (χ1n) is 9.40. The maximum atomic E-state index is 12.1. The SMILES string of the molecule is COc1cccc(Cn2c3c(c4c(OCC(=O)O)cccc42)C(C(N)=O)CC3)c1. The molecule has 0 bridgehead atoms. The maximum absolute atomic E-state index is 12.1. The van der Waals surface area contributed by atoms with Crippen LogP contribution in [-0.4, -0.2) is 35.3 Å². The summed E-state index contributed by atoms with van der Waals surface area (Å²) in [6.45, 7) is 0.146. The van der Waals surface area contributed by atoms with E-state index in [1.807, 2.05) is 36.4 Å². The number of primary amides is 1. The molecule has 1 aromatic heterocycles. The molecule has 0 radical (unpaired) electrons. The third kappa shape index (κ3) is 3.40. The molecule has 7 heteroatoms. The summed E-state index contributed by atoms with van der Waals surface area (Å²) in [5.41, 5.74) is 9.53. The fourth-order valence-electron chi connectivity index (χ4n) is 4.20. The predicted octanol–water partition coefficient (Wildman–Crippen LogP) is 2.68. The van der Waals surface area contributed by atoms with Gasteiger partial charge in [-0.15, -0.1) is 0 Å². The smallest absolute Gasteiger partial charge is 0.341 e. The molecule has 7 nitrogen and oxygen atoms in total. The van der Waals surface area contributed by atoms with Crippen molar-refractivity contribution < 1.29 is 24.2 Å². The number of rotatable bonds is 7. The molecule has 0 spiro atoms. The minimum atomic E-state index is -1.05. The average Bonchev–Trinajstić information content (AvgIpc) is 3.26. The topological polar surface area (TPSA) is 104 Å². The lowest BCUT2D eigenvalue weighted by Crippen LogP contribution is -2.19. The first-order valence-corrected chi connectivity index (χ1v) is 9.40. The second-order valence-corrected chi connectivity index (χ2v) is 7.12. The fraction of sp³-hybridized carbons (Fsp3) is 0.273. The number of fused-ring (bicyclic) bond motifs is 3. The van der Waals surface area contributed by atoms with Crippen molar-refractivity contribution in [3.8, 4) is 11.5 Å². The zero-order valence-electron chi connectivity index (χ0n) is 16.1. The Bertz CT molecular complexity index is 1100. The van der Waals surface area contributed by atoms with Crippen LogP contribution in [0.5, 0.6) is 11.5 Å². The Balaban J connectivity index is 1.87. The van der Waals surface area contributed by atoms with E-state index in [0.29, 0.717) is 18.7 Å². The van der Waals surface area contributed by atoms with E-state index in [4.69, 9.17) is 20.3 Å². The number of amides is 1. The van der Waals surface area contributed by atoms with Crippen LogP contribution in [0.2, 0.25) is 0 Å². The van der Waals surface area contributed by atoms with Gasteiger partial charge in [0, 0.05) is 17.6 Å². The van der Waals surface area contributed by atoms with Crippen LogP contribution in [0.15, 0.2) is 42.5 Å². The second-order valence-electron chi connectivity index (χ2n) is 7.12. The summed E-state index contributed by atoms with van der Waals surface area (Å²) in [4.78, 5) is 23.1. The highest BCUT2D eigenvalue weighted by Gasteiger charge is 2.34. The van der Waals surface area contributed by atoms with Crippen molar-refractivity contribution in [2.45, 2.75) is 25.3 Å². The lowest BCUT2D eigenvalue weighted by Gasteiger charge is -2.12. The summed E-state index contributed by atoms with van der Waals surface area (Å²) in [5.74, 6) is -0.610. The minimum absolute atomic E-state index is 0.378. The van der Waals surface area contributed by atoms with Crippen LogP contribution < -0.4 is 15.2 Å². The molecule has 1 unspecified atom stereocenters. The van der Waals surface area contributed by atoms with E-state index in [2.05, 4.69) is 4.57 Å². The predicted molar refractivity (Wildman–Crippen MR) is 107 cm³/mol. The molecule has 1 aliphatic rings. The van der Waals surface area contributed by atoms with E-state index >= 15 is 0 Å². The number of aromatic nitrogens is 1. The first-order chi connectivity index (χ1) is 14.0. The number of nitrogens with two attached hydrogens (primary N) is 1. The van der Waals surface area contributed by atoms with Gasteiger partial charge in [0.1, 0.15) is 11.5 Å². The number of methoxy groups -OCH3 is 1. The highest BCUT2D eigenvalue weighted by atomic mass is 16.5. The van der Waals surface area contributed by atoms with E-state index in [0.717, 1.165) is 39.9 Å². The van der Waals surface area contributed by atoms with Crippen LogP contribution in [0.4, 0.5) is 0 Å². The summed E-state index contributed by atoms with van der Waals surface area (Å²) in [5, 5.41) is 9.79. The molecule has 1 amide bonds.